The molecule has 2 aliphatic heterocycles. The molecule has 0 saturated carbocycles. The first-order chi connectivity index (χ1) is 14.1. The summed E-state index contributed by atoms with van der Waals surface area (Å²) >= 11 is 0. The number of ether oxygens (including phenoxy) is 5. The molecule has 2 fully saturated rings. The topological polar surface area (TPSA) is 131 Å². The van der Waals surface area contributed by atoms with Crippen LogP contribution in [0.5, 0.6) is 0 Å². The maximum Gasteiger partial charge on any atom is 0.303 e. The summed E-state index contributed by atoms with van der Waals surface area (Å²) in [5.41, 5.74) is 6.79. The van der Waals surface area contributed by atoms with E-state index in [2.05, 4.69) is 10.3 Å². The molecule has 2 aliphatic rings. The Bertz CT molecular complexity index is 799. The van der Waals surface area contributed by atoms with E-state index in [4.69, 9.17) is 29.4 Å². The number of nitrogens with one attached hydrogen (secondary N) is 1. The van der Waals surface area contributed by atoms with Crippen molar-refractivity contribution >= 4 is 23.6 Å². The van der Waals surface area contributed by atoms with Crippen LogP contribution in [-0.4, -0.2) is 60.9 Å². The maximum absolute atomic E-state index is 11.7. The molecule has 10 heteroatoms. The number of nitrogens with two attached hydrogens (primary N) is 1. The molecule has 0 spiro atoms. The first kappa shape index (κ1) is 22.0. The largest absolute Gasteiger partial charge is 0.463 e. The van der Waals surface area contributed by atoms with Crippen LogP contribution in [0.3, 0.4) is 0 Å². The van der Waals surface area contributed by atoms with Gasteiger partial charge in [0.2, 0.25) is 0 Å². The summed E-state index contributed by atoms with van der Waals surface area (Å²) in [6, 6.07) is 8.45. The summed E-state index contributed by atoms with van der Waals surface area (Å²) in [5, 5.41) is 2.96. The van der Waals surface area contributed by atoms with E-state index in [-0.39, 0.29) is 12.6 Å². The van der Waals surface area contributed by atoms with Crippen LogP contribution in [0.15, 0.2) is 35.3 Å². The molecule has 0 unspecified atom stereocenters. The number of aliphatic imine (C=N–C) groups is 1. The van der Waals surface area contributed by atoms with Crippen molar-refractivity contribution in [3.05, 3.63) is 30.3 Å². The van der Waals surface area contributed by atoms with Gasteiger partial charge in [0.05, 0.1) is 0 Å². The van der Waals surface area contributed by atoms with Crippen LogP contribution < -0.4 is 11.1 Å². The molecule has 0 aliphatic carbocycles. The number of hydrogen-bond donors (Lipinski definition) is 2. The fourth-order valence-electron chi connectivity index (χ4n) is 3.43. The van der Waals surface area contributed by atoms with Gasteiger partial charge in [-0.2, -0.15) is 0 Å². The minimum atomic E-state index is -0.888. The van der Waals surface area contributed by atoms with Crippen LogP contribution in [0.1, 0.15) is 27.7 Å². The highest BCUT2D eigenvalue weighted by Gasteiger charge is 2.58. The fourth-order valence-corrected chi connectivity index (χ4v) is 3.43. The van der Waals surface area contributed by atoms with Crippen LogP contribution >= 0.6 is 0 Å². The Kier molecular flexibility index (Phi) is 6.59. The highest BCUT2D eigenvalue weighted by molar-refractivity contribution is 5.92. The molecule has 1 aromatic rings. The molecule has 3 rings (SSSR count). The Labute approximate surface area is 174 Å². The lowest BCUT2D eigenvalue weighted by molar-refractivity contribution is -0.221. The molecule has 5 atom stereocenters. The van der Waals surface area contributed by atoms with E-state index < -0.39 is 48.4 Å². The summed E-state index contributed by atoms with van der Waals surface area (Å²) < 4.78 is 28.2. The number of nitrogens with zero attached hydrogens (tertiary/aromatic N) is 1. The monoisotopic (exact) mass is 421 g/mol. The number of benzene rings is 1. The molecule has 1 aromatic carbocycles. The number of carbonyl (C=O) groups is 2. The molecule has 0 aromatic heterocycles. The molecule has 0 bridgehead atoms. The molecule has 0 amide bonds. The highest BCUT2D eigenvalue weighted by Crippen LogP contribution is 2.40. The van der Waals surface area contributed by atoms with Gasteiger partial charge in [-0.15, -0.1) is 0 Å². The lowest BCUT2D eigenvalue weighted by Gasteiger charge is -2.28. The van der Waals surface area contributed by atoms with Crippen LogP contribution in [-0.2, 0) is 33.3 Å². The van der Waals surface area contributed by atoms with Gasteiger partial charge < -0.3 is 34.7 Å². The Morgan fingerprint density at radius 2 is 1.90 bits per heavy atom. The van der Waals surface area contributed by atoms with Gasteiger partial charge in [-0.3, -0.25) is 9.59 Å². The van der Waals surface area contributed by atoms with Crippen LogP contribution in [0.4, 0.5) is 5.69 Å². The van der Waals surface area contributed by atoms with E-state index in [0.717, 1.165) is 5.69 Å². The van der Waals surface area contributed by atoms with Gasteiger partial charge >= 0.3 is 11.9 Å². The lowest BCUT2D eigenvalue weighted by Crippen LogP contribution is -2.45. The molecule has 164 valence electrons. The first-order valence-electron chi connectivity index (χ1n) is 9.61. The van der Waals surface area contributed by atoms with Crippen LogP contribution in [0.25, 0.3) is 0 Å². The normalized spacial score (nSPS) is 28.5. The lowest BCUT2D eigenvalue weighted by atomic mass is 10.0. The third-order valence-electron chi connectivity index (χ3n) is 4.52. The molecule has 3 N–H and O–H groups in total. The Morgan fingerprint density at radius 1 is 1.20 bits per heavy atom. The number of carbonyl (C=O) groups excluding carboxylic acids is 2. The zero-order chi connectivity index (χ0) is 21.9. The average molecular weight is 421 g/mol. The maximum atomic E-state index is 11.7. The number of guanidine groups is 1. The zero-order valence-corrected chi connectivity index (χ0v) is 17.4. The summed E-state index contributed by atoms with van der Waals surface area (Å²) in [7, 11) is 0. The van der Waals surface area contributed by atoms with Gasteiger partial charge in [0, 0.05) is 19.5 Å². The van der Waals surface area contributed by atoms with Gasteiger partial charge in [0.25, 0.3) is 0 Å². The third kappa shape index (κ3) is 5.47. The smallest absolute Gasteiger partial charge is 0.303 e. The predicted molar refractivity (Wildman–Crippen MR) is 106 cm³/mol. The van der Waals surface area contributed by atoms with Crippen molar-refractivity contribution in [1.82, 2.24) is 0 Å². The number of para-hydroxylation sites is 1. The van der Waals surface area contributed by atoms with Gasteiger partial charge in [-0.25, -0.2) is 4.99 Å². The van der Waals surface area contributed by atoms with Crippen molar-refractivity contribution in [2.75, 3.05) is 11.9 Å². The molecular weight excluding hydrogens is 394 g/mol. The minimum Gasteiger partial charge on any atom is -0.463 e. The Balaban J connectivity index is 1.83. The molecule has 30 heavy (non-hydrogen) atoms. The second-order valence-electron chi connectivity index (χ2n) is 7.52. The van der Waals surface area contributed by atoms with Crippen LogP contribution in [0, 0.1) is 0 Å². The number of anilines is 1. The summed E-state index contributed by atoms with van der Waals surface area (Å²) in [6.07, 6.45) is -3.02. The summed E-state index contributed by atoms with van der Waals surface area (Å²) in [5.74, 6) is -1.79. The third-order valence-corrected chi connectivity index (χ3v) is 4.52. The number of hydrogen-bond acceptors (Lipinski definition) is 8. The SMILES string of the molecule is CC(=O)OC[C@H](N=C(N)Nc1ccccc1)[C@H]1O[C@@H]2OC(C)(C)O[C@@H]2[C@H]1OC(C)=O. The quantitative estimate of drug-likeness (QED) is 0.394. The molecule has 2 saturated heterocycles. The second kappa shape index (κ2) is 8.99. The van der Waals surface area contributed by atoms with E-state index in [9.17, 15) is 9.59 Å². The second-order valence-corrected chi connectivity index (χ2v) is 7.52. The zero-order valence-electron chi connectivity index (χ0n) is 17.4. The highest BCUT2D eigenvalue weighted by atomic mass is 16.8. The molecule has 10 nitrogen and oxygen atoms in total. The minimum absolute atomic E-state index is 0.0859. The molecular formula is C20H27N3O7. The number of fused-ring (bicyclic) bond motifs is 1. The number of esters is 2. The average Bonchev–Trinajstić information content (AvgIpc) is 3.11. The van der Waals surface area contributed by atoms with E-state index in [0.29, 0.717) is 0 Å². The summed E-state index contributed by atoms with van der Waals surface area (Å²) in [6.45, 7) is 5.93. The standard InChI is InChI=1S/C20H27N3O7/c1-11(24)26-10-14(23-19(21)22-13-8-6-5-7-9-13)15-16(27-12(2)25)17-18(28-15)30-20(3,4)29-17/h5-9,14-18H,10H2,1-4H3,(H3,21,22,23)/t14-,15+,16-,17+,18+/m0/s1. The van der Waals surface area contributed by atoms with Gasteiger partial charge in [-0.1, -0.05) is 18.2 Å². The van der Waals surface area contributed by atoms with Crippen molar-refractivity contribution in [1.29, 1.82) is 0 Å². The van der Waals surface area contributed by atoms with Crippen molar-refractivity contribution in [3.8, 4) is 0 Å². The van der Waals surface area contributed by atoms with Crippen LogP contribution in [0.2, 0.25) is 0 Å². The molecule has 2 heterocycles. The summed E-state index contributed by atoms with van der Waals surface area (Å²) in [4.78, 5) is 27.5. The van der Waals surface area contributed by atoms with Gasteiger partial charge in [0.1, 0.15) is 18.8 Å². The Morgan fingerprint density at radius 3 is 2.53 bits per heavy atom. The van der Waals surface area contributed by atoms with E-state index in [1.54, 1.807) is 13.8 Å². The van der Waals surface area contributed by atoms with Gasteiger partial charge in [0.15, 0.2) is 30.2 Å². The molecule has 0 radical (unpaired) electrons. The van der Waals surface area contributed by atoms with E-state index >= 15 is 0 Å². The van der Waals surface area contributed by atoms with Crippen molar-refractivity contribution in [2.24, 2.45) is 10.7 Å². The van der Waals surface area contributed by atoms with E-state index in [1.165, 1.54) is 13.8 Å². The van der Waals surface area contributed by atoms with Crippen molar-refractivity contribution in [2.45, 2.75) is 64.1 Å². The first-order valence-corrected chi connectivity index (χ1v) is 9.61. The Hall–Kier alpha value is -2.69. The van der Waals surface area contributed by atoms with Crippen molar-refractivity contribution in [3.63, 3.8) is 0 Å². The van der Waals surface area contributed by atoms with Gasteiger partial charge in [-0.05, 0) is 26.0 Å². The van der Waals surface area contributed by atoms with E-state index in [1.807, 2.05) is 30.3 Å². The van der Waals surface area contributed by atoms with Crippen molar-refractivity contribution < 1.29 is 33.3 Å². The fraction of sp³-hybridized carbons (Fsp3) is 0.550. The number of rotatable bonds is 6. The predicted octanol–water partition coefficient (Wildman–Crippen LogP) is 1.15.